The molecule has 102 valence electrons. The van der Waals surface area contributed by atoms with E-state index in [0.29, 0.717) is 17.4 Å². The lowest BCUT2D eigenvalue weighted by Crippen LogP contribution is -2.14. The smallest absolute Gasteiger partial charge is 0.135 e. The van der Waals surface area contributed by atoms with E-state index in [1.807, 2.05) is 24.3 Å². The van der Waals surface area contributed by atoms with E-state index in [9.17, 15) is 0 Å². The van der Waals surface area contributed by atoms with E-state index >= 15 is 0 Å². The summed E-state index contributed by atoms with van der Waals surface area (Å²) >= 11 is 0. The predicted octanol–water partition coefficient (Wildman–Crippen LogP) is 3.30. The van der Waals surface area contributed by atoms with Gasteiger partial charge >= 0.3 is 0 Å². The number of anilines is 3. The molecule has 0 saturated carbocycles. The van der Waals surface area contributed by atoms with Crippen LogP contribution in [-0.4, -0.2) is 16.0 Å². The summed E-state index contributed by atoms with van der Waals surface area (Å²) in [5.74, 6) is 1.43. The van der Waals surface area contributed by atoms with E-state index < -0.39 is 0 Å². The molecule has 5 nitrogen and oxygen atoms in total. The number of nitrogens with zero attached hydrogens (tertiary/aromatic N) is 3. The number of nitrogens with one attached hydrogen (secondary N) is 2. The molecule has 2 aromatic rings. The molecule has 1 atom stereocenters. The van der Waals surface area contributed by atoms with Crippen LogP contribution in [0.25, 0.3) is 0 Å². The molecule has 0 bridgehead atoms. The molecule has 5 heteroatoms. The van der Waals surface area contributed by atoms with E-state index in [2.05, 4.69) is 40.5 Å². The van der Waals surface area contributed by atoms with Crippen molar-refractivity contribution in [1.82, 2.24) is 9.97 Å². The quantitative estimate of drug-likeness (QED) is 0.869. The second-order valence-corrected chi connectivity index (χ2v) is 4.52. The highest BCUT2D eigenvalue weighted by Gasteiger charge is 2.05. The van der Waals surface area contributed by atoms with Crippen LogP contribution in [0.5, 0.6) is 0 Å². The number of hydrogen-bond donors (Lipinski definition) is 2. The molecule has 0 spiro atoms. The van der Waals surface area contributed by atoms with Crippen molar-refractivity contribution >= 4 is 17.3 Å². The fourth-order valence-corrected chi connectivity index (χ4v) is 1.69. The van der Waals surface area contributed by atoms with Gasteiger partial charge in [0, 0.05) is 12.1 Å². The minimum Gasteiger partial charge on any atom is -0.367 e. The molecule has 0 radical (unpaired) electrons. The normalized spacial score (nSPS) is 11.4. The first-order valence-electron chi connectivity index (χ1n) is 6.57. The van der Waals surface area contributed by atoms with Crippen LogP contribution in [0.15, 0.2) is 36.7 Å². The molecule has 1 aromatic heterocycles. The van der Waals surface area contributed by atoms with Crippen LogP contribution in [0.2, 0.25) is 0 Å². The van der Waals surface area contributed by atoms with Crippen LogP contribution in [0.4, 0.5) is 17.3 Å². The van der Waals surface area contributed by atoms with Gasteiger partial charge in [-0.3, -0.25) is 0 Å². The highest BCUT2D eigenvalue weighted by molar-refractivity contribution is 5.65. The Labute approximate surface area is 118 Å². The number of benzene rings is 1. The molecule has 0 saturated heterocycles. The average Bonchev–Trinajstić information content (AvgIpc) is 2.48. The summed E-state index contributed by atoms with van der Waals surface area (Å²) in [7, 11) is 0. The van der Waals surface area contributed by atoms with Gasteiger partial charge in [-0.1, -0.05) is 19.1 Å². The first kappa shape index (κ1) is 13.8. The van der Waals surface area contributed by atoms with E-state index in [1.54, 1.807) is 6.07 Å². The Bertz CT molecular complexity index is 618. The first-order chi connectivity index (χ1) is 9.72. The van der Waals surface area contributed by atoms with E-state index in [0.717, 1.165) is 17.9 Å². The zero-order valence-electron chi connectivity index (χ0n) is 11.6. The molecule has 1 heterocycles. The summed E-state index contributed by atoms with van der Waals surface area (Å²) < 4.78 is 0. The minimum atomic E-state index is 0.351. The van der Waals surface area contributed by atoms with Gasteiger partial charge in [0.1, 0.15) is 24.0 Å². The summed E-state index contributed by atoms with van der Waals surface area (Å²) in [6.45, 7) is 4.21. The Hall–Kier alpha value is -2.61. The topological polar surface area (TPSA) is 73.6 Å². The molecular formula is C15H17N5. The van der Waals surface area contributed by atoms with Crippen molar-refractivity contribution in [3.8, 4) is 6.07 Å². The summed E-state index contributed by atoms with van der Waals surface area (Å²) in [6, 6.07) is 11.7. The van der Waals surface area contributed by atoms with E-state index in [-0.39, 0.29) is 0 Å². The molecule has 0 aliphatic rings. The van der Waals surface area contributed by atoms with Crippen molar-refractivity contribution in [2.75, 3.05) is 10.6 Å². The van der Waals surface area contributed by atoms with Crippen LogP contribution >= 0.6 is 0 Å². The number of aromatic nitrogens is 2. The zero-order chi connectivity index (χ0) is 14.4. The zero-order valence-corrected chi connectivity index (χ0v) is 11.6. The molecule has 20 heavy (non-hydrogen) atoms. The van der Waals surface area contributed by atoms with Crippen LogP contribution < -0.4 is 10.6 Å². The average molecular weight is 267 g/mol. The number of para-hydroxylation sites is 1. The van der Waals surface area contributed by atoms with E-state index in [4.69, 9.17) is 5.26 Å². The summed E-state index contributed by atoms with van der Waals surface area (Å²) in [4.78, 5) is 8.36. The molecule has 2 N–H and O–H groups in total. The van der Waals surface area contributed by atoms with Gasteiger partial charge in [-0.2, -0.15) is 5.26 Å². The van der Waals surface area contributed by atoms with Crippen molar-refractivity contribution < 1.29 is 0 Å². The lowest BCUT2D eigenvalue weighted by Gasteiger charge is -2.13. The SMILES string of the molecule is CCC(C)Nc1cc(Nc2ccccc2C#N)ncn1. The van der Waals surface area contributed by atoms with Crippen molar-refractivity contribution in [1.29, 1.82) is 5.26 Å². The van der Waals surface area contributed by atoms with Gasteiger partial charge in [-0.05, 0) is 25.5 Å². The van der Waals surface area contributed by atoms with Crippen molar-refractivity contribution in [2.24, 2.45) is 0 Å². The lowest BCUT2D eigenvalue weighted by atomic mass is 10.2. The Morgan fingerprint density at radius 1 is 1.25 bits per heavy atom. The number of nitriles is 1. The van der Waals surface area contributed by atoms with Crippen LogP contribution in [0, 0.1) is 11.3 Å². The lowest BCUT2D eigenvalue weighted by molar-refractivity contribution is 0.758. The summed E-state index contributed by atoms with van der Waals surface area (Å²) in [5, 5.41) is 15.5. The molecule has 2 rings (SSSR count). The second-order valence-electron chi connectivity index (χ2n) is 4.52. The summed E-state index contributed by atoms with van der Waals surface area (Å²) in [6.07, 6.45) is 2.52. The monoisotopic (exact) mass is 267 g/mol. The number of hydrogen-bond acceptors (Lipinski definition) is 5. The third-order valence-corrected chi connectivity index (χ3v) is 2.98. The summed E-state index contributed by atoms with van der Waals surface area (Å²) in [5.41, 5.74) is 1.32. The highest BCUT2D eigenvalue weighted by Crippen LogP contribution is 2.20. The van der Waals surface area contributed by atoms with Gasteiger partial charge in [-0.15, -0.1) is 0 Å². The standard InChI is InChI=1S/C15H17N5/c1-3-11(2)19-14-8-15(18-10-17-14)20-13-7-5-4-6-12(13)9-16/h4-8,10-11H,3H2,1-2H3,(H2,17,18,19,20). The van der Waals surface area contributed by atoms with Gasteiger partial charge in [0.2, 0.25) is 0 Å². The Kier molecular flexibility index (Phi) is 4.51. The van der Waals surface area contributed by atoms with Crippen molar-refractivity contribution in [3.63, 3.8) is 0 Å². The second kappa shape index (κ2) is 6.53. The molecule has 1 unspecified atom stereocenters. The molecule has 0 amide bonds. The van der Waals surface area contributed by atoms with Gasteiger partial charge in [0.15, 0.2) is 0 Å². The van der Waals surface area contributed by atoms with Crippen LogP contribution in [0.3, 0.4) is 0 Å². The highest BCUT2D eigenvalue weighted by atomic mass is 15.1. The maximum Gasteiger partial charge on any atom is 0.135 e. The van der Waals surface area contributed by atoms with E-state index in [1.165, 1.54) is 6.33 Å². The molecule has 0 aliphatic heterocycles. The maximum absolute atomic E-state index is 9.07. The van der Waals surface area contributed by atoms with Gasteiger partial charge in [0.25, 0.3) is 0 Å². The first-order valence-corrected chi connectivity index (χ1v) is 6.57. The maximum atomic E-state index is 9.07. The van der Waals surface area contributed by atoms with Crippen molar-refractivity contribution in [2.45, 2.75) is 26.3 Å². The molecule has 0 aliphatic carbocycles. The Morgan fingerprint density at radius 2 is 2.00 bits per heavy atom. The Balaban J connectivity index is 2.18. The fourth-order valence-electron chi connectivity index (χ4n) is 1.69. The number of rotatable bonds is 5. The third kappa shape index (κ3) is 3.45. The van der Waals surface area contributed by atoms with Gasteiger partial charge < -0.3 is 10.6 Å². The van der Waals surface area contributed by atoms with Crippen LogP contribution in [-0.2, 0) is 0 Å². The van der Waals surface area contributed by atoms with Crippen LogP contribution in [0.1, 0.15) is 25.8 Å². The molecule has 0 fully saturated rings. The Morgan fingerprint density at radius 3 is 2.75 bits per heavy atom. The van der Waals surface area contributed by atoms with Gasteiger partial charge in [0.05, 0.1) is 11.3 Å². The van der Waals surface area contributed by atoms with Gasteiger partial charge in [-0.25, -0.2) is 9.97 Å². The predicted molar refractivity (Wildman–Crippen MR) is 79.8 cm³/mol. The molecular weight excluding hydrogens is 250 g/mol. The van der Waals surface area contributed by atoms with Crippen molar-refractivity contribution in [3.05, 3.63) is 42.2 Å². The fraction of sp³-hybridized carbons (Fsp3) is 0.267. The minimum absolute atomic E-state index is 0.351. The largest absolute Gasteiger partial charge is 0.367 e. The third-order valence-electron chi connectivity index (χ3n) is 2.98. The molecule has 1 aromatic carbocycles.